The van der Waals surface area contributed by atoms with Gasteiger partial charge in [0, 0.05) is 0 Å². The van der Waals surface area contributed by atoms with E-state index in [0.29, 0.717) is 16.8 Å². The summed E-state index contributed by atoms with van der Waals surface area (Å²) in [5, 5.41) is 1.17. The topological polar surface area (TPSA) is 51.7 Å². The molecule has 5 nitrogen and oxygen atoms in total. The third kappa shape index (κ3) is 3.98. The van der Waals surface area contributed by atoms with E-state index in [1.54, 1.807) is 12.1 Å². The van der Waals surface area contributed by atoms with Crippen LogP contribution in [0.4, 0.5) is 4.79 Å². The van der Waals surface area contributed by atoms with Crippen molar-refractivity contribution in [3.63, 3.8) is 0 Å². The summed E-state index contributed by atoms with van der Waals surface area (Å²) in [5.74, 6) is 0.532. The van der Waals surface area contributed by atoms with Crippen molar-refractivity contribution in [2.75, 3.05) is 6.54 Å². The lowest BCUT2D eigenvalue weighted by atomic mass is 10.2. The minimum absolute atomic E-state index is 0.359. The number of hydrogen-bond donors (Lipinski definition) is 0. The number of carbonyl (C=O) groups excluding carboxylic acids is 1. The molecule has 0 aliphatic carbocycles. The SMILES string of the molecule is CCN(Oc1cccc2nc(Cl)sc12)C(=O)OC(C)(C)C. The van der Waals surface area contributed by atoms with E-state index in [4.69, 9.17) is 21.2 Å². The Morgan fingerprint density at radius 3 is 2.76 bits per heavy atom. The molecule has 0 fully saturated rings. The van der Waals surface area contributed by atoms with Crippen molar-refractivity contribution < 1.29 is 14.4 Å². The van der Waals surface area contributed by atoms with E-state index in [1.807, 2.05) is 33.8 Å². The molecule has 0 saturated carbocycles. The summed E-state index contributed by atoms with van der Waals surface area (Å²) in [7, 11) is 0. The molecule has 114 valence electrons. The highest BCUT2D eigenvalue weighted by molar-refractivity contribution is 7.22. The molecule has 0 saturated heterocycles. The lowest BCUT2D eigenvalue weighted by Gasteiger charge is -2.26. The van der Waals surface area contributed by atoms with E-state index in [-0.39, 0.29) is 0 Å². The van der Waals surface area contributed by atoms with E-state index in [0.717, 1.165) is 10.2 Å². The second kappa shape index (κ2) is 6.07. The minimum atomic E-state index is -0.576. The van der Waals surface area contributed by atoms with Gasteiger partial charge in [0.1, 0.15) is 10.3 Å². The Morgan fingerprint density at radius 1 is 1.43 bits per heavy atom. The summed E-state index contributed by atoms with van der Waals surface area (Å²) < 4.78 is 6.53. The predicted octanol–water partition coefficient (Wildman–Crippen LogP) is 4.50. The van der Waals surface area contributed by atoms with Crippen molar-refractivity contribution in [3.05, 3.63) is 22.7 Å². The van der Waals surface area contributed by atoms with Crippen LogP contribution in [-0.2, 0) is 4.74 Å². The van der Waals surface area contributed by atoms with Crippen molar-refractivity contribution in [2.45, 2.75) is 33.3 Å². The Kier molecular flexibility index (Phi) is 4.58. The summed E-state index contributed by atoms with van der Waals surface area (Å²) >= 11 is 7.23. The van der Waals surface area contributed by atoms with Crippen LogP contribution in [0.1, 0.15) is 27.7 Å². The molecule has 1 aromatic carbocycles. The molecule has 0 aliphatic rings. The van der Waals surface area contributed by atoms with Crippen LogP contribution in [-0.4, -0.2) is 28.3 Å². The number of fused-ring (bicyclic) bond motifs is 1. The van der Waals surface area contributed by atoms with Gasteiger partial charge in [-0.15, -0.1) is 5.06 Å². The molecule has 1 aromatic heterocycles. The zero-order chi connectivity index (χ0) is 15.6. The van der Waals surface area contributed by atoms with Gasteiger partial charge >= 0.3 is 6.09 Å². The number of nitrogens with zero attached hydrogens (tertiary/aromatic N) is 2. The number of benzene rings is 1. The fraction of sp³-hybridized carbons (Fsp3) is 0.429. The molecule has 2 aromatic rings. The van der Waals surface area contributed by atoms with E-state index >= 15 is 0 Å². The third-order valence-electron chi connectivity index (χ3n) is 2.45. The minimum Gasteiger partial charge on any atom is -0.442 e. The molecule has 21 heavy (non-hydrogen) atoms. The van der Waals surface area contributed by atoms with Crippen LogP contribution in [0.25, 0.3) is 10.2 Å². The van der Waals surface area contributed by atoms with Crippen LogP contribution in [0.2, 0.25) is 4.47 Å². The molecular formula is C14H17ClN2O3S. The van der Waals surface area contributed by atoms with Crippen molar-refractivity contribution >= 4 is 39.2 Å². The standard InChI is InChI=1S/C14H17ClN2O3S/c1-5-17(13(18)19-14(2,3)4)20-10-8-6-7-9-11(10)21-12(15)16-9/h6-8H,5H2,1-4H3. The Bertz CT molecular complexity index is 651. The van der Waals surface area contributed by atoms with Crippen LogP contribution >= 0.6 is 22.9 Å². The number of thiazole rings is 1. The Hall–Kier alpha value is -1.53. The van der Waals surface area contributed by atoms with E-state index in [1.165, 1.54) is 16.4 Å². The highest BCUT2D eigenvalue weighted by Crippen LogP contribution is 2.33. The summed E-state index contributed by atoms with van der Waals surface area (Å²) in [5.41, 5.74) is 0.163. The summed E-state index contributed by atoms with van der Waals surface area (Å²) in [6.07, 6.45) is -0.530. The molecule has 1 heterocycles. The van der Waals surface area contributed by atoms with Crippen molar-refractivity contribution in [2.24, 2.45) is 0 Å². The Balaban J connectivity index is 2.22. The van der Waals surface area contributed by atoms with Crippen molar-refractivity contribution in [1.29, 1.82) is 0 Å². The Morgan fingerprint density at radius 2 is 2.14 bits per heavy atom. The molecule has 0 aliphatic heterocycles. The molecule has 7 heteroatoms. The molecule has 0 unspecified atom stereocenters. The molecule has 0 radical (unpaired) electrons. The molecule has 0 bridgehead atoms. The summed E-state index contributed by atoms with van der Waals surface area (Å²) in [4.78, 5) is 21.9. The maximum absolute atomic E-state index is 12.1. The lowest BCUT2D eigenvalue weighted by molar-refractivity contribution is -0.0684. The summed E-state index contributed by atoms with van der Waals surface area (Å²) in [6, 6.07) is 5.41. The van der Waals surface area contributed by atoms with Crippen LogP contribution in [0, 0.1) is 0 Å². The molecular weight excluding hydrogens is 312 g/mol. The first-order valence-electron chi connectivity index (χ1n) is 6.53. The van der Waals surface area contributed by atoms with Crippen molar-refractivity contribution in [3.8, 4) is 5.75 Å². The number of rotatable bonds is 3. The number of amides is 1. The molecule has 0 spiro atoms. The van der Waals surface area contributed by atoms with Gasteiger partial charge in [0.25, 0.3) is 0 Å². The maximum Gasteiger partial charge on any atom is 0.443 e. The monoisotopic (exact) mass is 328 g/mol. The van der Waals surface area contributed by atoms with Gasteiger partial charge in [0.15, 0.2) is 10.2 Å². The first-order valence-corrected chi connectivity index (χ1v) is 7.73. The number of halogens is 1. The highest BCUT2D eigenvalue weighted by atomic mass is 35.5. The van der Waals surface area contributed by atoms with E-state index in [2.05, 4.69) is 4.98 Å². The normalized spacial score (nSPS) is 11.5. The van der Waals surface area contributed by atoms with E-state index < -0.39 is 11.7 Å². The first kappa shape index (κ1) is 15.9. The Labute approximate surface area is 132 Å². The smallest absolute Gasteiger partial charge is 0.442 e. The van der Waals surface area contributed by atoms with Gasteiger partial charge in [0.05, 0.1) is 12.1 Å². The fourth-order valence-corrected chi connectivity index (χ4v) is 2.69. The second-order valence-electron chi connectivity index (χ2n) is 5.34. The van der Waals surface area contributed by atoms with Crippen molar-refractivity contribution in [1.82, 2.24) is 10.0 Å². The largest absolute Gasteiger partial charge is 0.443 e. The number of ether oxygens (including phenoxy) is 1. The van der Waals surface area contributed by atoms with Gasteiger partial charge in [-0.3, -0.25) is 0 Å². The predicted molar refractivity (Wildman–Crippen MR) is 83.9 cm³/mol. The van der Waals surface area contributed by atoms with Gasteiger partial charge < -0.3 is 9.57 Å². The molecule has 1 amide bonds. The average molecular weight is 329 g/mol. The fourth-order valence-electron chi connectivity index (χ4n) is 1.63. The molecule has 0 atom stereocenters. The third-order valence-corrected chi connectivity index (χ3v) is 3.64. The quantitative estimate of drug-likeness (QED) is 0.778. The second-order valence-corrected chi connectivity index (χ2v) is 6.92. The average Bonchev–Trinajstić information content (AvgIpc) is 2.74. The van der Waals surface area contributed by atoms with Crippen LogP contribution in [0.3, 0.4) is 0 Å². The van der Waals surface area contributed by atoms with Crippen LogP contribution in [0.15, 0.2) is 18.2 Å². The van der Waals surface area contributed by atoms with Gasteiger partial charge in [-0.1, -0.05) is 29.0 Å². The van der Waals surface area contributed by atoms with Gasteiger partial charge in [-0.05, 0) is 39.8 Å². The number of aromatic nitrogens is 1. The zero-order valence-corrected chi connectivity index (χ0v) is 13.9. The summed E-state index contributed by atoms with van der Waals surface area (Å²) in [6.45, 7) is 7.59. The van der Waals surface area contributed by atoms with Gasteiger partial charge in [-0.2, -0.15) is 0 Å². The zero-order valence-electron chi connectivity index (χ0n) is 12.3. The highest BCUT2D eigenvalue weighted by Gasteiger charge is 2.23. The van der Waals surface area contributed by atoms with Gasteiger partial charge in [0.2, 0.25) is 0 Å². The van der Waals surface area contributed by atoms with Gasteiger partial charge in [-0.25, -0.2) is 9.78 Å². The number of carbonyl (C=O) groups is 1. The first-order chi connectivity index (χ1) is 9.80. The van der Waals surface area contributed by atoms with E-state index in [9.17, 15) is 4.79 Å². The molecule has 2 rings (SSSR count). The van der Waals surface area contributed by atoms with Crippen LogP contribution < -0.4 is 4.84 Å². The number of hydrogen-bond acceptors (Lipinski definition) is 5. The maximum atomic E-state index is 12.1. The lowest BCUT2D eigenvalue weighted by Crippen LogP contribution is -2.38. The van der Waals surface area contributed by atoms with Crippen LogP contribution in [0.5, 0.6) is 5.75 Å². The molecule has 0 N–H and O–H groups in total. The number of hydroxylamine groups is 2.